The van der Waals surface area contributed by atoms with E-state index in [0.29, 0.717) is 12.1 Å². The van der Waals surface area contributed by atoms with Crippen LogP contribution in [0.3, 0.4) is 0 Å². The van der Waals surface area contributed by atoms with E-state index in [2.05, 4.69) is 33.0 Å². The van der Waals surface area contributed by atoms with E-state index in [1.807, 2.05) is 48.5 Å². The number of halogens is 1. The summed E-state index contributed by atoms with van der Waals surface area (Å²) in [4.78, 5) is 18.9. The Morgan fingerprint density at radius 3 is 2.29 bits per heavy atom. The monoisotopic (exact) mass is 380 g/mol. The largest absolute Gasteiger partial charge is 0.308 e. The first-order chi connectivity index (χ1) is 11.7. The fraction of sp³-hybridized carbons (Fsp3) is 0.100. The molecule has 24 heavy (non-hydrogen) atoms. The molecule has 0 spiro atoms. The van der Waals surface area contributed by atoms with E-state index in [-0.39, 0.29) is 5.91 Å². The molecule has 1 amide bonds. The van der Waals surface area contributed by atoms with Crippen molar-refractivity contribution in [3.05, 3.63) is 94.7 Å². The number of carbonyl (C=O) groups is 1. The molecule has 1 aromatic heterocycles. The van der Waals surface area contributed by atoms with Crippen molar-refractivity contribution >= 4 is 27.5 Å². The SMILES string of the molecule is O=C(c1cncc(Br)c1)N(CCc1ccccc1)c1ccccc1. The van der Waals surface area contributed by atoms with Crippen LogP contribution in [0.5, 0.6) is 0 Å². The van der Waals surface area contributed by atoms with Gasteiger partial charge in [0.25, 0.3) is 5.91 Å². The Kier molecular flexibility index (Phi) is 5.39. The van der Waals surface area contributed by atoms with E-state index in [1.165, 1.54) is 5.56 Å². The fourth-order valence-electron chi connectivity index (χ4n) is 2.53. The van der Waals surface area contributed by atoms with Crippen molar-refractivity contribution in [3.63, 3.8) is 0 Å². The lowest BCUT2D eigenvalue weighted by molar-refractivity contribution is 0.0987. The smallest absolute Gasteiger partial charge is 0.259 e. The zero-order chi connectivity index (χ0) is 16.8. The van der Waals surface area contributed by atoms with Gasteiger partial charge < -0.3 is 4.90 Å². The van der Waals surface area contributed by atoms with Crippen molar-refractivity contribution in [1.29, 1.82) is 0 Å². The molecule has 2 aromatic carbocycles. The zero-order valence-corrected chi connectivity index (χ0v) is 14.7. The van der Waals surface area contributed by atoms with Crippen LogP contribution in [0, 0.1) is 0 Å². The van der Waals surface area contributed by atoms with Crippen molar-refractivity contribution in [2.24, 2.45) is 0 Å². The maximum absolute atomic E-state index is 13.0. The van der Waals surface area contributed by atoms with Crippen LogP contribution >= 0.6 is 15.9 Å². The summed E-state index contributed by atoms with van der Waals surface area (Å²) in [5.41, 5.74) is 2.67. The Balaban J connectivity index is 1.86. The molecule has 0 aliphatic carbocycles. The third kappa shape index (κ3) is 4.09. The van der Waals surface area contributed by atoms with Crippen molar-refractivity contribution in [1.82, 2.24) is 4.98 Å². The molecule has 0 radical (unpaired) electrons. The average molecular weight is 381 g/mol. The van der Waals surface area contributed by atoms with Gasteiger partial charge in [-0.3, -0.25) is 9.78 Å². The normalized spacial score (nSPS) is 10.4. The summed E-state index contributed by atoms with van der Waals surface area (Å²) in [6.45, 7) is 0.610. The summed E-state index contributed by atoms with van der Waals surface area (Å²) in [6, 6.07) is 21.7. The lowest BCUT2D eigenvalue weighted by Crippen LogP contribution is -2.33. The van der Waals surface area contributed by atoms with E-state index in [9.17, 15) is 4.79 Å². The maximum Gasteiger partial charge on any atom is 0.259 e. The summed E-state index contributed by atoms with van der Waals surface area (Å²) in [5.74, 6) is -0.0501. The van der Waals surface area contributed by atoms with Gasteiger partial charge in [0.05, 0.1) is 5.56 Å². The Hall–Kier alpha value is -2.46. The predicted molar refractivity (Wildman–Crippen MR) is 100 cm³/mol. The van der Waals surface area contributed by atoms with Crippen LogP contribution in [0.1, 0.15) is 15.9 Å². The highest BCUT2D eigenvalue weighted by molar-refractivity contribution is 9.10. The van der Waals surface area contributed by atoms with E-state index < -0.39 is 0 Å². The van der Waals surface area contributed by atoms with Gasteiger partial charge in [-0.05, 0) is 46.1 Å². The van der Waals surface area contributed by atoms with Crippen molar-refractivity contribution < 1.29 is 4.79 Å². The molecule has 1 heterocycles. The second kappa shape index (κ2) is 7.88. The topological polar surface area (TPSA) is 33.2 Å². The summed E-state index contributed by atoms with van der Waals surface area (Å²) in [5, 5.41) is 0. The van der Waals surface area contributed by atoms with Crippen LogP contribution < -0.4 is 4.90 Å². The first-order valence-electron chi connectivity index (χ1n) is 7.75. The number of hydrogen-bond acceptors (Lipinski definition) is 2. The molecule has 0 unspecified atom stereocenters. The van der Waals surface area contributed by atoms with E-state index >= 15 is 0 Å². The number of carbonyl (C=O) groups excluding carboxylic acids is 1. The molecular formula is C20H17BrN2O. The van der Waals surface area contributed by atoms with Crippen molar-refractivity contribution in [3.8, 4) is 0 Å². The quantitative estimate of drug-likeness (QED) is 0.640. The molecule has 3 rings (SSSR count). The number of amides is 1. The Morgan fingerprint density at radius 2 is 1.62 bits per heavy atom. The van der Waals surface area contributed by atoms with Gasteiger partial charge in [-0.1, -0.05) is 48.5 Å². The number of anilines is 1. The number of rotatable bonds is 5. The molecule has 0 aliphatic rings. The van der Waals surface area contributed by atoms with Gasteiger partial charge in [-0.2, -0.15) is 0 Å². The first-order valence-corrected chi connectivity index (χ1v) is 8.55. The van der Waals surface area contributed by atoms with Gasteiger partial charge in [0.15, 0.2) is 0 Å². The van der Waals surface area contributed by atoms with Crippen LogP contribution in [0.15, 0.2) is 83.6 Å². The summed E-state index contributed by atoms with van der Waals surface area (Å²) < 4.78 is 0.796. The van der Waals surface area contributed by atoms with E-state index in [4.69, 9.17) is 0 Å². The van der Waals surface area contributed by atoms with Gasteiger partial charge in [-0.15, -0.1) is 0 Å². The molecule has 3 aromatic rings. The molecule has 0 aliphatic heterocycles. The van der Waals surface area contributed by atoms with Crippen LogP contribution in [0.2, 0.25) is 0 Å². The molecule has 0 saturated heterocycles. The van der Waals surface area contributed by atoms with Crippen LogP contribution in [0.4, 0.5) is 5.69 Å². The highest BCUT2D eigenvalue weighted by Crippen LogP contribution is 2.19. The lowest BCUT2D eigenvalue weighted by Gasteiger charge is -2.23. The molecule has 0 saturated carbocycles. The van der Waals surface area contributed by atoms with Gasteiger partial charge >= 0.3 is 0 Å². The van der Waals surface area contributed by atoms with Crippen molar-refractivity contribution in [2.45, 2.75) is 6.42 Å². The third-order valence-electron chi connectivity index (χ3n) is 3.73. The first kappa shape index (κ1) is 16.4. The fourth-order valence-corrected chi connectivity index (χ4v) is 2.89. The number of pyridine rings is 1. The minimum atomic E-state index is -0.0501. The predicted octanol–water partition coefficient (Wildman–Crippen LogP) is 4.73. The van der Waals surface area contributed by atoms with Crippen LogP contribution in [-0.2, 0) is 6.42 Å². The van der Waals surface area contributed by atoms with Gasteiger partial charge in [-0.25, -0.2) is 0 Å². The standard InChI is InChI=1S/C20H17BrN2O/c21-18-13-17(14-22-15-18)20(24)23(19-9-5-2-6-10-19)12-11-16-7-3-1-4-8-16/h1-10,13-15H,11-12H2. The summed E-state index contributed by atoms with van der Waals surface area (Å²) >= 11 is 3.38. The number of hydrogen-bond donors (Lipinski definition) is 0. The minimum absolute atomic E-state index is 0.0501. The molecule has 0 bridgehead atoms. The molecule has 3 nitrogen and oxygen atoms in total. The lowest BCUT2D eigenvalue weighted by atomic mass is 10.1. The molecule has 0 atom stereocenters. The molecule has 0 fully saturated rings. The van der Waals surface area contributed by atoms with Gasteiger partial charge in [0, 0.05) is 29.1 Å². The van der Waals surface area contributed by atoms with E-state index in [0.717, 1.165) is 16.6 Å². The Labute approximate surface area is 150 Å². The molecule has 4 heteroatoms. The number of aromatic nitrogens is 1. The summed E-state index contributed by atoms with van der Waals surface area (Å²) in [7, 11) is 0. The molecular weight excluding hydrogens is 364 g/mol. The second-order valence-corrected chi connectivity index (χ2v) is 6.34. The zero-order valence-electron chi connectivity index (χ0n) is 13.1. The van der Waals surface area contributed by atoms with Crippen LogP contribution in [0.25, 0.3) is 0 Å². The summed E-state index contributed by atoms with van der Waals surface area (Å²) in [6.07, 6.45) is 4.07. The third-order valence-corrected chi connectivity index (χ3v) is 4.17. The molecule has 120 valence electrons. The minimum Gasteiger partial charge on any atom is -0.308 e. The Morgan fingerprint density at radius 1 is 0.958 bits per heavy atom. The Bertz CT molecular complexity index is 806. The average Bonchev–Trinajstić information content (AvgIpc) is 2.63. The number of benzene rings is 2. The molecule has 0 N–H and O–H groups in total. The highest BCUT2D eigenvalue weighted by Gasteiger charge is 2.18. The van der Waals surface area contributed by atoms with E-state index in [1.54, 1.807) is 23.4 Å². The van der Waals surface area contributed by atoms with Crippen LogP contribution in [-0.4, -0.2) is 17.4 Å². The second-order valence-electron chi connectivity index (χ2n) is 5.42. The van der Waals surface area contributed by atoms with Gasteiger partial charge in [0.1, 0.15) is 0 Å². The number of para-hydroxylation sites is 1. The van der Waals surface area contributed by atoms with Gasteiger partial charge in [0.2, 0.25) is 0 Å². The van der Waals surface area contributed by atoms with Crippen molar-refractivity contribution in [2.75, 3.05) is 11.4 Å². The maximum atomic E-state index is 13.0. The highest BCUT2D eigenvalue weighted by atomic mass is 79.9. The number of nitrogens with zero attached hydrogens (tertiary/aromatic N) is 2.